The summed E-state index contributed by atoms with van der Waals surface area (Å²) in [6.45, 7) is 6.34. The van der Waals surface area contributed by atoms with Gasteiger partial charge < -0.3 is 15.0 Å². The Morgan fingerprint density at radius 3 is 2.27 bits per heavy atom. The first-order valence-electron chi connectivity index (χ1n) is 13.0. The lowest BCUT2D eigenvalue weighted by Crippen LogP contribution is -2.48. The van der Waals surface area contributed by atoms with Crippen LogP contribution in [0.5, 0.6) is 0 Å². The van der Waals surface area contributed by atoms with Crippen molar-refractivity contribution in [1.82, 2.24) is 9.80 Å². The van der Waals surface area contributed by atoms with Crippen LogP contribution < -0.4 is 10.7 Å². The van der Waals surface area contributed by atoms with Gasteiger partial charge in [-0.25, -0.2) is 0 Å². The van der Waals surface area contributed by atoms with Crippen LogP contribution in [0.2, 0.25) is 0 Å². The normalized spacial score (nSPS) is 16.6. The SMILES string of the molecule is Cc1cccc(CN2CCN(/C(C=[NH2+])=C(\OC3Cc4ccccc4C3)C(=O)Nc3ccccc3)CC2)c1. The Morgan fingerprint density at radius 1 is 0.946 bits per heavy atom. The maximum Gasteiger partial charge on any atom is 0.293 e. The van der Waals surface area contributed by atoms with Crippen molar-refractivity contribution >= 4 is 17.8 Å². The zero-order valence-electron chi connectivity index (χ0n) is 21.4. The number of para-hydroxylation sites is 1. The number of fused-ring (bicyclic) bond motifs is 1. The number of carbonyl (C=O) groups excluding carboxylic acids is 1. The monoisotopic (exact) mass is 495 g/mol. The van der Waals surface area contributed by atoms with Gasteiger partial charge in [-0.1, -0.05) is 72.3 Å². The third-order valence-corrected chi connectivity index (χ3v) is 7.13. The van der Waals surface area contributed by atoms with Gasteiger partial charge in [0.1, 0.15) is 11.8 Å². The molecule has 2 aliphatic rings. The van der Waals surface area contributed by atoms with Gasteiger partial charge in [0.15, 0.2) is 6.21 Å². The van der Waals surface area contributed by atoms with Crippen LogP contribution in [0, 0.1) is 6.92 Å². The maximum absolute atomic E-state index is 13.5. The molecule has 3 aromatic carbocycles. The number of ether oxygens (including phenoxy) is 1. The van der Waals surface area contributed by atoms with Crippen LogP contribution in [-0.2, 0) is 28.9 Å². The van der Waals surface area contributed by atoms with Crippen molar-refractivity contribution in [3.05, 3.63) is 113 Å². The quantitative estimate of drug-likeness (QED) is 0.286. The van der Waals surface area contributed by atoms with E-state index in [1.165, 1.54) is 28.5 Å². The van der Waals surface area contributed by atoms with Crippen LogP contribution in [0.4, 0.5) is 5.69 Å². The number of hydrogen-bond donors (Lipinski definition) is 2. The summed E-state index contributed by atoms with van der Waals surface area (Å²) < 4.78 is 6.47. The number of nitrogens with two attached hydrogens (primary N) is 1. The number of carbonyl (C=O) groups is 1. The summed E-state index contributed by atoms with van der Waals surface area (Å²) >= 11 is 0. The Balaban J connectivity index is 1.33. The van der Waals surface area contributed by atoms with Crippen LogP contribution in [0.25, 0.3) is 0 Å². The fourth-order valence-corrected chi connectivity index (χ4v) is 5.25. The minimum atomic E-state index is -0.277. The van der Waals surface area contributed by atoms with E-state index in [1.54, 1.807) is 0 Å². The van der Waals surface area contributed by atoms with Gasteiger partial charge in [-0.15, -0.1) is 0 Å². The number of nitrogens with one attached hydrogen (secondary N) is 1. The van der Waals surface area contributed by atoms with Crippen molar-refractivity contribution in [3.63, 3.8) is 0 Å². The molecule has 1 fully saturated rings. The molecule has 6 nitrogen and oxygen atoms in total. The molecule has 3 N–H and O–H groups in total. The van der Waals surface area contributed by atoms with Gasteiger partial charge in [0.05, 0.1) is 0 Å². The second-order valence-electron chi connectivity index (χ2n) is 9.87. The highest BCUT2D eigenvalue weighted by atomic mass is 16.5. The summed E-state index contributed by atoms with van der Waals surface area (Å²) in [7, 11) is 0. The molecule has 6 heteroatoms. The molecule has 37 heavy (non-hydrogen) atoms. The molecule has 3 aromatic rings. The third kappa shape index (κ3) is 6.09. The van der Waals surface area contributed by atoms with Crippen LogP contribution in [-0.4, -0.2) is 54.2 Å². The highest BCUT2D eigenvalue weighted by Crippen LogP contribution is 2.27. The van der Waals surface area contributed by atoms with E-state index >= 15 is 0 Å². The van der Waals surface area contributed by atoms with Gasteiger partial charge in [-0.3, -0.25) is 15.1 Å². The molecule has 0 saturated carbocycles. The molecule has 0 unspecified atom stereocenters. The summed E-state index contributed by atoms with van der Waals surface area (Å²) in [6.07, 6.45) is 2.98. The van der Waals surface area contributed by atoms with E-state index in [1.807, 2.05) is 30.3 Å². The minimum absolute atomic E-state index is 0.105. The summed E-state index contributed by atoms with van der Waals surface area (Å²) in [4.78, 5) is 18.2. The Labute approximate surface area is 219 Å². The minimum Gasteiger partial charge on any atom is -0.482 e. The van der Waals surface area contributed by atoms with Crippen LogP contribution in [0.3, 0.4) is 0 Å². The first kappa shape index (κ1) is 24.8. The van der Waals surface area contributed by atoms with E-state index in [0.717, 1.165) is 51.3 Å². The van der Waals surface area contributed by atoms with E-state index in [0.29, 0.717) is 5.70 Å². The maximum atomic E-state index is 13.5. The third-order valence-electron chi connectivity index (χ3n) is 7.13. The summed E-state index contributed by atoms with van der Waals surface area (Å²) in [5.74, 6) is 0.0114. The standard InChI is InChI=1S/C31H34N4O2/c1-23-8-7-9-24(18-23)22-34-14-16-35(17-15-34)29(21-32)30(31(36)33-27-12-3-2-4-13-27)37-28-19-25-10-5-6-11-26(25)20-28/h2-13,18,21,28,32H,14-17,19-20,22H2,1H3,(H,33,36)/p+1/b30-29-,32-21?. The van der Waals surface area contributed by atoms with Crippen LogP contribution >= 0.6 is 0 Å². The summed E-state index contributed by atoms with van der Waals surface area (Å²) in [5, 5.41) is 9.17. The smallest absolute Gasteiger partial charge is 0.293 e. The summed E-state index contributed by atoms with van der Waals surface area (Å²) in [5.41, 5.74) is 6.53. The van der Waals surface area contributed by atoms with Crippen molar-refractivity contribution in [1.29, 1.82) is 0 Å². The number of piperazine rings is 1. The van der Waals surface area contributed by atoms with Crippen molar-refractivity contribution in [2.24, 2.45) is 0 Å². The largest absolute Gasteiger partial charge is 0.482 e. The van der Waals surface area contributed by atoms with Crippen LogP contribution in [0.15, 0.2) is 90.3 Å². The van der Waals surface area contributed by atoms with Crippen molar-refractivity contribution < 1.29 is 14.9 Å². The zero-order chi connectivity index (χ0) is 25.6. The number of allylic oxidation sites excluding steroid dienone is 1. The van der Waals surface area contributed by atoms with E-state index in [-0.39, 0.29) is 17.8 Å². The summed E-state index contributed by atoms with van der Waals surface area (Å²) in [6, 6.07) is 26.5. The van der Waals surface area contributed by atoms with Gasteiger partial charge in [-0.05, 0) is 35.7 Å². The van der Waals surface area contributed by atoms with E-state index in [9.17, 15) is 4.79 Å². The second-order valence-corrected chi connectivity index (χ2v) is 9.87. The average Bonchev–Trinajstić information content (AvgIpc) is 3.33. The lowest BCUT2D eigenvalue weighted by molar-refractivity contribution is -0.118. The van der Waals surface area contributed by atoms with E-state index in [2.05, 4.69) is 70.6 Å². The molecular formula is C31H35N4O2+. The molecule has 1 heterocycles. The fraction of sp³-hybridized carbons (Fsp3) is 0.290. The number of hydrogen-bond acceptors (Lipinski definition) is 4. The van der Waals surface area contributed by atoms with Gasteiger partial charge in [0.2, 0.25) is 5.76 Å². The predicted molar refractivity (Wildman–Crippen MR) is 147 cm³/mol. The molecule has 1 saturated heterocycles. The first-order valence-corrected chi connectivity index (χ1v) is 13.0. The molecule has 5 rings (SSSR count). The molecule has 1 amide bonds. The molecule has 0 aromatic heterocycles. The molecule has 1 aliphatic carbocycles. The average molecular weight is 496 g/mol. The number of aryl methyl sites for hydroxylation is 1. The lowest BCUT2D eigenvalue weighted by Gasteiger charge is -2.36. The topological polar surface area (TPSA) is 70.4 Å². The zero-order valence-corrected chi connectivity index (χ0v) is 21.4. The fourth-order valence-electron chi connectivity index (χ4n) is 5.25. The molecular weight excluding hydrogens is 460 g/mol. The highest BCUT2D eigenvalue weighted by Gasteiger charge is 2.30. The Kier molecular flexibility index (Phi) is 7.66. The van der Waals surface area contributed by atoms with Gasteiger partial charge in [-0.2, -0.15) is 0 Å². The molecule has 0 bridgehead atoms. The number of anilines is 1. The van der Waals surface area contributed by atoms with Gasteiger partial charge in [0.25, 0.3) is 5.91 Å². The number of amides is 1. The van der Waals surface area contributed by atoms with E-state index < -0.39 is 0 Å². The Bertz CT molecular complexity index is 1250. The van der Waals surface area contributed by atoms with Crippen molar-refractivity contribution in [2.45, 2.75) is 32.4 Å². The lowest BCUT2D eigenvalue weighted by atomic mass is 10.1. The molecule has 0 atom stereocenters. The number of rotatable bonds is 8. The molecule has 0 spiro atoms. The predicted octanol–water partition coefficient (Wildman–Crippen LogP) is 2.98. The molecule has 190 valence electrons. The van der Waals surface area contributed by atoms with Crippen molar-refractivity contribution in [2.75, 3.05) is 31.5 Å². The number of nitrogens with zero attached hydrogens (tertiary/aromatic N) is 2. The first-order chi connectivity index (χ1) is 18.1. The molecule has 1 aliphatic heterocycles. The van der Waals surface area contributed by atoms with Crippen molar-refractivity contribution in [3.8, 4) is 0 Å². The Hall–Kier alpha value is -3.90. The highest BCUT2D eigenvalue weighted by molar-refractivity contribution is 6.05. The Morgan fingerprint density at radius 2 is 1.62 bits per heavy atom. The second kappa shape index (κ2) is 11.4. The van der Waals surface area contributed by atoms with E-state index in [4.69, 9.17) is 10.1 Å². The van der Waals surface area contributed by atoms with Gasteiger partial charge in [0, 0.05) is 51.3 Å². The molecule has 0 radical (unpaired) electrons. The number of benzene rings is 3. The van der Waals surface area contributed by atoms with Gasteiger partial charge >= 0.3 is 0 Å². The van der Waals surface area contributed by atoms with Crippen LogP contribution in [0.1, 0.15) is 22.3 Å².